The Bertz CT molecular complexity index is 1100. The van der Waals surface area contributed by atoms with Crippen LogP contribution in [0, 0.1) is 0 Å². The molecule has 0 radical (unpaired) electrons. The van der Waals surface area contributed by atoms with Crippen LogP contribution in [-0.4, -0.2) is 20.6 Å². The van der Waals surface area contributed by atoms with Gasteiger partial charge < -0.3 is 5.32 Å². The predicted molar refractivity (Wildman–Crippen MR) is 115 cm³/mol. The normalized spacial score (nSPS) is 11.1. The van der Waals surface area contributed by atoms with Crippen molar-refractivity contribution in [3.63, 3.8) is 0 Å². The molecule has 0 saturated heterocycles. The van der Waals surface area contributed by atoms with E-state index in [2.05, 4.69) is 10.0 Å². The Labute approximate surface area is 173 Å². The molecule has 3 rings (SSSR count). The molecule has 0 atom stereocenters. The van der Waals surface area contributed by atoms with Crippen molar-refractivity contribution in [1.29, 1.82) is 0 Å². The molecule has 0 bridgehead atoms. The fourth-order valence-corrected chi connectivity index (χ4v) is 4.15. The van der Waals surface area contributed by atoms with E-state index in [4.69, 9.17) is 11.6 Å². The van der Waals surface area contributed by atoms with Crippen LogP contribution < -0.4 is 10.0 Å². The first-order valence-corrected chi connectivity index (χ1v) is 11.3. The van der Waals surface area contributed by atoms with Gasteiger partial charge in [0.1, 0.15) is 0 Å². The molecular weight excluding hydrogens is 416 g/mol. The Morgan fingerprint density at radius 1 is 0.893 bits per heavy atom. The number of para-hydroxylation sites is 2. The molecule has 0 fully saturated rings. The quantitative estimate of drug-likeness (QED) is 0.530. The summed E-state index contributed by atoms with van der Waals surface area (Å²) >= 11 is 7.60. The van der Waals surface area contributed by atoms with Crippen LogP contribution >= 0.6 is 23.4 Å². The van der Waals surface area contributed by atoms with E-state index in [9.17, 15) is 13.2 Å². The van der Waals surface area contributed by atoms with Gasteiger partial charge in [-0.1, -0.05) is 35.9 Å². The second kappa shape index (κ2) is 8.68. The van der Waals surface area contributed by atoms with Crippen molar-refractivity contribution in [3.05, 3.63) is 83.4 Å². The SMILES string of the molecule is CSc1ccc(S(=O)(=O)Nc2ccccc2C(=O)Nc2ccccc2Cl)cc1. The van der Waals surface area contributed by atoms with Crippen LogP contribution in [0.3, 0.4) is 0 Å². The molecule has 2 N–H and O–H groups in total. The van der Waals surface area contributed by atoms with Gasteiger partial charge >= 0.3 is 0 Å². The zero-order valence-corrected chi connectivity index (χ0v) is 17.2. The molecule has 144 valence electrons. The molecule has 0 aliphatic heterocycles. The number of amides is 1. The van der Waals surface area contributed by atoms with E-state index < -0.39 is 15.9 Å². The standard InChI is InChI=1S/C20H17ClN2O3S2/c1-27-14-10-12-15(13-11-14)28(25,26)23-18-8-4-2-6-16(18)20(24)22-19-9-5-3-7-17(19)21/h2-13,23H,1H3,(H,22,24). The van der Waals surface area contributed by atoms with E-state index in [1.165, 1.54) is 30.0 Å². The van der Waals surface area contributed by atoms with Crippen LogP contribution in [0.15, 0.2) is 82.6 Å². The number of rotatable bonds is 6. The van der Waals surface area contributed by atoms with Crippen molar-refractivity contribution in [3.8, 4) is 0 Å². The summed E-state index contributed by atoms with van der Waals surface area (Å²) in [6.45, 7) is 0. The van der Waals surface area contributed by atoms with E-state index in [-0.39, 0.29) is 16.1 Å². The lowest BCUT2D eigenvalue weighted by atomic mass is 10.1. The predicted octanol–water partition coefficient (Wildman–Crippen LogP) is 5.12. The third-order valence-corrected chi connectivity index (χ3v) is 6.36. The molecule has 8 heteroatoms. The highest BCUT2D eigenvalue weighted by Gasteiger charge is 2.19. The number of carbonyl (C=O) groups excluding carboxylic acids is 1. The number of nitrogens with one attached hydrogen (secondary N) is 2. The van der Waals surface area contributed by atoms with E-state index in [1.54, 1.807) is 54.6 Å². The minimum atomic E-state index is -3.84. The van der Waals surface area contributed by atoms with Crippen molar-refractivity contribution < 1.29 is 13.2 Å². The Kier molecular flexibility index (Phi) is 6.28. The van der Waals surface area contributed by atoms with Crippen LogP contribution in [0.4, 0.5) is 11.4 Å². The first-order chi connectivity index (χ1) is 13.4. The highest BCUT2D eigenvalue weighted by Crippen LogP contribution is 2.25. The molecule has 0 unspecified atom stereocenters. The molecule has 1 amide bonds. The fourth-order valence-electron chi connectivity index (χ4n) is 2.48. The summed E-state index contributed by atoms with van der Waals surface area (Å²) in [6.07, 6.45) is 1.91. The third kappa shape index (κ3) is 4.67. The van der Waals surface area contributed by atoms with Crippen molar-refractivity contribution >= 4 is 50.7 Å². The summed E-state index contributed by atoms with van der Waals surface area (Å²) in [4.78, 5) is 13.8. The molecule has 0 aromatic heterocycles. The summed E-state index contributed by atoms with van der Waals surface area (Å²) in [5.74, 6) is -0.468. The number of thioether (sulfide) groups is 1. The van der Waals surface area contributed by atoms with E-state index >= 15 is 0 Å². The summed E-state index contributed by atoms with van der Waals surface area (Å²) in [7, 11) is -3.84. The average molecular weight is 433 g/mol. The van der Waals surface area contributed by atoms with Gasteiger partial charge in [0.15, 0.2) is 0 Å². The fraction of sp³-hybridized carbons (Fsp3) is 0.0500. The number of hydrogen-bond donors (Lipinski definition) is 2. The van der Waals surface area contributed by atoms with Crippen LogP contribution in [0.2, 0.25) is 5.02 Å². The molecule has 3 aromatic rings. The summed E-state index contributed by atoms with van der Waals surface area (Å²) in [5.41, 5.74) is 0.812. The van der Waals surface area contributed by atoms with Gasteiger partial charge in [-0.3, -0.25) is 9.52 Å². The minimum Gasteiger partial charge on any atom is -0.321 e. The molecule has 0 heterocycles. The second-order valence-corrected chi connectivity index (χ2v) is 8.73. The molecular formula is C20H17ClN2O3S2. The number of hydrogen-bond acceptors (Lipinski definition) is 4. The highest BCUT2D eigenvalue weighted by molar-refractivity contribution is 7.98. The molecule has 0 spiro atoms. The van der Waals surface area contributed by atoms with Gasteiger partial charge in [-0.25, -0.2) is 8.42 Å². The maximum absolute atomic E-state index is 12.7. The van der Waals surface area contributed by atoms with Gasteiger partial charge in [0.05, 0.1) is 26.9 Å². The van der Waals surface area contributed by atoms with Crippen LogP contribution in [0.1, 0.15) is 10.4 Å². The van der Waals surface area contributed by atoms with Gasteiger partial charge in [-0.15, -0.1) is 11.8 Å². The Balaban J connectivity index is 1.87. The largest absolute Gasteiger partial charge is 0.321 e. The molecule has 0 saturated carbocycles. The number of anilines is 2. The smallest absolute Gasteiger partial charge is 0.261 e. The van der Waals surface area contributed by atoms with E-state index in [0.29, 0.717) is 10.7 Å². The van der Waals surface area contributed by atoms with Crippen molar-refractivity contribution in [2.24, 2.45) is 0 Å². The van der Waals surface area contributed by atoms with Gasteiger partial charge in [-0.05, 0) is 54.8 Å². The summed E-state index contributed by atoms with van der Waals surface area (Å²) < 4.78 is 27.9. The van der Waals surface area contributed by atoms with Crippen molar-refractivity contribution in [1.82, 2.24) is 0 Å². The molecule has 0 aliphatic carbocycles. The van der Waals surface area contributed by atoms with Crippen LogP contribution in [0.5, 0.6) is 0 Å². The zero-order valence-electron chi connectivity index (χ0n) is 14.8. The Hall–Kier alpha value is -2.48. The van der Waals surface area contributed by atoms with Crippen LogP contribution in [0.25, 0.3) is 0 Å². The summed E-state index contributed by atoms with van der Waals surface area (Å²) in [6, 6.07) is 19.7. The second-order valence-electron chi connectivity index (χ2n) is 5.76. The molecule has 0 aliphatic rings. The lowest BCUT2D eigenvalue weighted by Crippen LogP contribution is -2.18. The molecule has 28 heavy (non-hydrogen) atoms. The van der Waals surface area contributed by atoms with E-state index in [0.717, 1.165) is 4.90 Å². The third-order valence-electron chi connectivity index (χ3n) is 3.91. The lowest BCUT2D eigenvalue weighted by Gasteiger charge is -2.13. The average Bonchev–Trinajstić information content (AvgIpc) is 2.70. The van der Waals surface area contributed by atoms with Gasteiger partial charge in [0.25, 0.3) is 15.9 Å². The topological polar surface area (TPSA) is 75.3 Å². The Morgan fingerprint density at radius 2 is 1.50 bits per heavy atom. The van der Waals surface area contributed by atoms with Gasteiger partial charge in [-0.2, -0.15) is 0 Å². The zero-order chi connectivity index (χ0) is 20.1. The molecule has 3 aromatic carbocycles. The minimum absolute atomic E-state index is 0.117. The maximum Gasteiger partial charge on any atom is 0.261 e. The van der Waals surface area contributed by atoms with Crippen LogP contribution in [-0.2, 0) is 10.0 Å². The van der Waals surface area contributed by atoms with Gasteiger partial charge in [0, 0.05) is 4.90 Å². The van der Waals surface area contributed by atoms with Crippen molar-refractivity contribution in [2.45, 2.75) is 9.79 Å². The van der Waals surface area contributed by atoms with E-state index in [1.807, 2.05) is 6.26 Å². The van der Waals surface area contributed by atoms with Gasteiger partial charge in [0.2, 0.25) is 0 Å². The number of benzene rings is 3. The lowest BCUT2D eigenvalue weighted by molar-refractivity contribution is 0.102. The number of carbonyl (C=O) groups is 1. The first kappa shape index (κ1) is 20.3. The summed E-state index contributed by atoms with van der Waals surface area (Å²) in [5, 5.41) is 3.09. The Morgan fingerprint density at radius 3 is 2.14 bits per heavy atom. The molecule has 5 nitrogen and oxygen atoms in total. The highest BCUT2D eigenvalue weighted by atomic mass is 35.5. The monoisotopic (exact) mass is 432 g/mol. The number of sulfonamides is 1. The first-order valence-electron chi connectivity index (χ1n) is 8.22. The number of halogens is 1. The maximum atomic E-state index is 12.7. The van der Waals surface area contributed by atoms with Crippen molar-refractivity contribution in [2.75, 3.05) is 16.3 Å².